The van der Waals surface area contributed by atoms with Crippen LogP contribution in [0.15, 0.2) is 6.20 Å². The summed E-state index contributed by atoms with van der Waals surface area (Å²) in [6.07, 6.45) is 4.47. The first-order valence-corrected chi connectivity index (χ1v) is 5.46. The third kappa shape index (κ3) is 3.00. The molecule has 1 aliphatic rings. The van der Waals surface area contributed by atoms with Crippen molar-refractivity contribution in [1.29, 1.82) is 0 Å². The molecule has 0 spiro atoms. The molecule has 0 unspecified atom stereocenters. The first kappa shape index (κ1) is 10.6. The Balaban J connectivity index is 1.89. The van der Waals surface area contributed by atoms with Crippen molar-refractivity contribution in [3.63, 3.8) is 0 Å². The summed E-state index contributed by atoms with van der Waals surface area (Å²) in [5, 5.41) is 16.7. The van der Waals surface area contributed by atoms with Gasteiger partial charge < -0.3 is 5.11 Å². The van der Waals surface area contributed by atoms with E-state index in [0.29, 0.717) is 0 Å². The van der Waals surface area contributed by atoms with Crippen LogP contribution in [0, 0.1) is 5.92 Å². The summed E-state index contributed by atoms with van der Waals surface area (Å²) in [4.78, 5) is 2.27. The number of aliphatic hydroxyl groups excluding tert-OH is 1. The van der Waals surface area contributed by atoms with Crippen molar-refractivity contribution < 1.29 is 5.11 Å². The van der Waals surface area contributed by atoms with Crippen molar-refractivity contribution in [3.05, 3.63) is 11.9 Å². The van der Waals surface area contributed by atoms with Gasteiger partial charge in [-0.1, -0.05) is 5.21 Å². The molecule has 0 aliphatic heterocycles. The molecule has 1 fully saturated rings. The summed E-state index contributed by atoms with van der Waals surface area (Å²) in [5.74, 6) is 0.845. The Morgan fingerprint density at radius 2 is 2.40 bits per heavy atom. The van der Waals surface area contributed by atoms with E-state index in [1.807, 2.05) is 7.05 Å². The Morgan fingerprint density at radius 3 is 2.93 bits per heavy atom. The largest absolute Gasteiger partial charge is 0.395 e. The zero-order valence-electron chi connectivity index (χ0n) is 9.13. The average molecular weight is 210 g/mol. The van der Waals surface area contributed by atoms with Crippen molar-refractivity contribution in [2.45, 2.75) is 19.4 Å². The number of rotatable bonds is 6. The van der Waals surface area contributed by atoms with Crippen LogP contribution in [-0.2, 0) is 13.6 Å². The third-order valence-electron chi connectivity index (χ3n) is 2.82. The van der Waals surface area contributed by atoms with Gasteiger partial charge in [0.2, 0.25) is 0 Å². The molecule has 5 nitrogen and oxygen atoms in total. The van der Waals surface area contributed by atoms with Gasteiger partial charge in [-0.25, -0.2) is 0 Å². The molecule has 2 rings (SSSR count). The summed E-state index contributed by atoms with van der Waals surface area (Å²) >= 11 is 0. The van der Waals surface area contributed by atoms with Gasteiger partial charge in [-0.2, -0.15) is 0 Å². The molecule has 15 heavy (non-hydrogen) atoms. The van der Waals surface area contributed by atoms with E-state index in [0.717, 1.165) is 31.2 Å². The number of nitrogens with zero attached hydrogens (tertiary/aromatic N) is 4. The van der Waals surface area contributed by atoms with Gasteiger partial charge in [0, 0.05) is 26.7 Å². The first-order chi connectivity index (χ1) is 7.29. The monoisotopic (exact) mass is 210 g/mol. The van der Waals surface area contributed by atoms with Crippen LogP contribution >= 0.6 is 0 Å². The summed E-state index contributed by atoms with van der Waals surface area (Å²) in [6, 6.07) is 0. The molecule has 0 amide bonds. The van der Waals surface area contributed by atoms with Crippen molar-refractivity contribution in [3.8, 4) is 0 Å². The highest BCUT2D eigenvalue weighted by atomic mass is 16.3. The summed E-state index contributed by atoms with van der Waals surface area (Å²) in [7, 11) is 1.90. The van der Waals surface area contributed by atoms with Crippen LogP contribution in [0.4, 0.5) is 0 Å². The maximum atomic E-state index is 8.99. The lowest BCUT2D eigenvalue weighted by molar-refractivity contribution is 0.182. The van der Waals surface area contributed by atoms with Crippen LogP contribution in [0.2, 0.25) is 0 Å². The van der Waals surface area contributed by atoms with Crippen molar-refractivity contribution in [2.75, 3.05) is 19.7 Å². The van der Waals surface area contributed by atoms with Crippen molar-refractivity contribution in [2.24, 2.45) is 13.0 Å². The standard InChI is InChI=1S/C10H18N4O/c1-13-10(6-11-12-13)8-14(4-5-15)7-9-2-3-9/h6,9,15H,2-5,7-8H2,1H3. The third-order valence-corrected chi connectivity index (χ3v) is 2.82. The molecule has 0 atom stereocenters. The minimum Gasteiger partial charge on any atom is -0.395 e. The smallest absolute Gasteiger partial charge is 0.0738 e. The first-order valence-electron chi connectivity index (χ1n) is 5.46. The Labute approximate surface area is 89.7 Å². The van der Waals surface area contributed by atoms with Crippen LogP contribution in [0.3, 0.4) is 0 Å². The second kappa shape index (κ2) is 4.72. The Hall–Kier alpha value is -0.940. The van der Waals surface area contributed by atoms with Crippen molar-refractivity contribution >= 4 is 0 Å². The molecule has 0 bridgehead atoms. The quantitative estimate of drug-likeness (QED) is 0.719. The topological polar surface area (TPSA) is 54.2 Å². The van der Waals surface area contributed by atoms with E-state index >= 15 is 0 Å². The number of hydrogen-bond donors (Lipinski definition) is 1. The average Bonchev–Trinajstić information content (AvgIpc) is 2.92. The van der Waals surface area contributed by atoms with Crippen LogP contribution in [0.25, 0.3) is 0 Å². The van der Waals surface area contributed by atoms with E-state index in [4.69, 9.17) is 5.11 Å². The molecule has 1 heterocycles. The van der Waals surface area contributed by atoms with Crippen LogP contribution in [0.5, 0.6) is 0 Å². The van der Waals surface area contributed by atoms with Crippen LogP contribution in [0.1, 0.15) is 18.5 Å². The van der Waals surface area contributed by atoms with E-state index in [1.165, 1.54) is 12.8 Å². The van der Waals surface area contributed by atoms with Gasteiger partial charge >= 0.3 is 0 Å². The molecule has 0 saturated heterocycles. The van der Waals surface area contributed by atoms with E-state index < -0.39 is 0 Å². The van der Waals surface area contributed by atoms with Gasteiger partial charge in [0.25, 0.3) is 0 Å². The van der Waals surface area contributed by atoms with Crippen LogP contribution in [-0.4, -0.2) is 44.7 Å². The molecule has 0 radical (unpaired) electrons. The fourth-order valence-corrected chi connectivity index (χ4v) is 1.73. The normalized spacial score (nSPS) is 16.2. The van der Waals surface area contributed by atoms with Crippen LogP contribution < -0.4 is 0 Å². The molecule has 5 heteroatoms. The maximum Gasteiger partial charge on any atom is 0.0738 e. The molecule has 1 aromatic heterocycles. The van der Waals surface area contributed by atoms with Gasteiger partial charge in [0.1, 0.15) is 0 Å². The minimum atomic E-state index is 0.220. The number of hydrogen-bond acceptors (Lipinski definition) is 4. The molecule has 84 valence electrons. The second-order valence-corrected chi connectivity index (χ2v) is 4.25. The zero-order valence-corrected chi connectivity index (χ0v) is 9.13. The van der Waals surface area contributed by atoms with E-state index in [9.17, 15) is 0 Å². The zero-order chi connectivity index (χ0) is 10.7. The highest BCUT2D eigenvalue weighted by Crippen LogP contribution is 2.29. The molecule has 1 N–H and O–H groups in total. The molecular formula is C10H18N4O. The summed E-state index contributed by atoms with van der Waals surface area (Å²) in [6.45, 7) is 2.88. The molecule has 0 aromatic carbocycles. The van der Waals surface area contributed by atoms with E-state index in [2.05, 4.69) is 15.2 Å². The number of aryl methyl sites for hydroxylation is 1. The van der Waals surface area contributed by atoms with Gasteiger partial charge in [-0.3, -0.25) is 9.58 Å². The maximum absolute atomic E-state index is 8.99. The predicted molar refractivity (Wildman–Crippen MR) is 56.1 cm³/mol. The fourth-order valence-electron chi connectivity index (χ4n) is 1.73. The Kier molecular flexibility index (Phi) is 3.33. The fraction of sp³-hybridized carbons (Fsp3) is 0.800. The lowest BCUT2D eigenvalue weighted by Crippen LogP contribution is -2.29. The molecule has 1 saturated carbocycles. The van der Waals surface area contributed by atoms with E-state index in [1.54, 1.807) is 10.9 Å². The Morgan fingerprint density at radius 1 is 1.60 bits per heavy atom. The second-order valence-electron chi connectivity index (χ2n) is 4.25. The van der Waals surface area contributed by atoms with E-state index in [-0.39, 0.29) is 6.61 Å². The van der Waals surface area contributed by atoms with Gasteiger partial charge in [-0.05, 0) is 18.8 Å². The lowest BCUT2D eigenvalue weighted by atomic mass is 10.3. The molecule has 1 aliphatic carbocycles. The molecule has 1 aromatic rings. The number of aromatic nitrogens is 3. The Bertz CT molecular complexity index is 308. The highest BCUT2D eigenvalue weighted by molar-refractivity contribution is 4.93. The SMILES string of the molecule is Cn1nncc1CN(CCO)CC1CC1. The molecular weight excluding hydrogens is 192 g/mol. The minimum absolute atomic E-state index is 0.220. The predicted octanol–water partition coefficient (Wildman–Crippen LogP) is 0.0194. The van der Waals surface area contributed by atoms with Gasteiger partial charge in [-0.15, -0.1) is 5.10 Å². The van der Waals surface area contributed by atoms with Crippen molar-refractivity contribution in [1.82, 2.24) is 19.9 Å². The van der Waals surface area contributed by atoms with Gasteiger partial charge in [0.15, 0.2) is 0 Å². The summed E-state index contributed by atoms with van der Waals surface area (Å²) in [5.41, 5.74) is 1.10. The highest BCUT2D eigenvalue weighted by Gasteiger charge is 2.24. The van der Waals surface area contributed by atoms with Gasteiger partial charge in [0.05, 0.1) is 18.5 Å². The number of aliphatic hydroxyl groups is 1. The summed E-state index contributed by atoms with van der Waals surface area (Å²) < 4.78 is 1.79. The lowest BCUT2D eigenvalue weighted by Gasteiger charge is -2.20.